The second kappa shape index (κ2) is 10.7. The summed E-state index contributed by atoms with van der Waals surface area (Å²) in [6, 6.07) is 14.8. The molecular formula is C20H22BrClN2O2S. The number of rotatable bonds is 8. The number of hydrogen-bond donors (Lipinski definition) is 1. The topological polar surface area (TPSA) is 49.4 Å². The Hall–Kier alpha value is -1.50. The standard InChI is InChI=1S/C20H22BrClN2O2S/c1-14(20(26)23-2)24(11-15-6-8-17(21)9-7-15)19(25)13-27-12-16-4-3-5-18(22)10-16/h3-10,14H,11-13H2,1-2H3,(H,23,26). The lowest BCUT2D eigenvalue weighted by molar-refractivity contribution is -0.138. The van der Waals surface area contributed by atoms with Gasteiger partial charge in [0.2, 0.25) is 11.8 Å². The van der Waals surface area contributed by atoms with Crippen molar-refractivity contribution in [1.82, 2.24) is 10.2 Å². The summed E-state index contributed by atoms with van der Waals surface area (Å²) in [5.41, 5.74) is 2.04. The Bertz CT molecular complexity index is 786. The predicted molar refractivity (Wildman–Crippen MR) is 116 cm³/mol. The molecule has 0 saturated heterocycles. The molecule has 0 bridgehead atoms. The summed E-state index contributed by atoms with van der Waals surface area (Å²) in [5.74, 6) is 0.735. The van der Waals surface area contributed by atoms with Crippen LogP contribution in [-0.4, -0.2) is 35.6 Å². The maximum Gasteiger partial charge on any atom is 0.242 e. The van der Waals surface area contributed by atoms with E-state index >= 15 is 0 Å². The van der Waals surface area contributed by atoms with E-state index in [-0.39, 0.29) is 11.8 Å². The fourth-order valence-corrected chi connectivity index (χ4v) is 3.88. The molecule has 0 aliphatic rings. The van der Waals surface area contributed by atoms with Gasteiger partial charge in [-0.3, -0.25) is 9.59 Å². The molecule has 4 nitrogen and oxygen atoms in total. The van der Waals surface area contributed by atoms with E-state index in [1.807, 2.05) is 48.5 Å². The lowest BCUT2D eigenvalue weighted by atomic mass is 10.1. The van der Waals surface area contributed by atoms with Crippen molar-refractivity contribution in [2.75, 3.05) is 12.8 Å². The van der Waals surface area contributed by atoms with E-state index in [4.69, 9.17) is 11.6 Å². The minimum Gasteiger partial charge on any atom is -0.357 e. The van der Waals surface area contributed by atoms with Gasteiger partial charge in [-0.2, -0.15) is 0 Å². The van der Waals surface area contributed by atoms with Crippen LogP contribution < -0.4 is 5.32 Å². The summed E-state index contributed by atoms with van der Waals surface area (Å²) in [4.78, 5) is 26.5. The van der Waals surface area contributed by atoms with Gasteiger partial charge >= 0.3 is 0 Å². The highest BCUT2D eigenvalue weighted by molar-refractivity contribution is 9.10. The lowest BCUT2D eigenvalue weighted by Gasteiger charge is -2.28. The SMILES string of the molecule is CNC(=O)C(C)N(Cc1ccc(Br)cc1)C(=O)CSCc1cccc(Cl)c1. The van der Waals surface area contributed by atoms with Crippen LogP contribution in [0.2, 0.25) is 5.02 Å². The van der Waals surface area contributed by atoms with E-state index in [2.05, 4.69) is 21.2 Å². The number of nitrogens with one attached hydrogen (secondary N) is 1. The van der Waals surface area contributed by atoms with Gasteiger partial charge in [0.05, 0.1) is 5.75 Å². The number of benzene rings is 2. The summed E-state index contributed by atoms with van der Waals surface area (Å²) < 4.78 is 0.973. The van der Waals surface area contributed by atoms with Crippen molar-refractivity contribution in [1.29, 1.82) is 0 Å². The van der Waals surface area contributed by atoms with Crippen LogP contribution in [0.4, 0.5) is 0 Å². The Kier molecular flexibility index (Phi) is 8.67. The van der Waals surface area contributed by atoms with Crippen molar-refractivity contribution in [3.05, 3.63) is 69.2 Å². The van der Waals surface area contributed by atoms with Crippen LogP contribution >= 0.6 is 39.3 Å². The van der Waals surface area contributed by atoms with Gasteiger partial charge in [0, 0.05) is 28.8 Å². The molecule has 2 amide bonds. The average Bonchev–Trinajstić information content (AvgIpc) is 2.66. The Balaban J connectivity index is 2.03. The Morgan fingerprint density at radius 3 is 2.52 bits per heavy atom. The molecule has 2 rings (SSSR count). The first-order chi connectivity index (χ1) is 12.9. The van der Waals surface area contributed by atoms with Crippen molar-refractivity contribution in [2.24, 2.45) is 0 Å². The predicted octanol–water partition coefficient (Wildman–Crippen LogP) is 4.50. The molecule has 0 aliphatic carbocycles. The van der Waals surface area contributed by atoms with E-state index in [1.165, 1.54) is 11.8 Å². The molecule has 144 valence electrons. The van der Waals surface area contributed by atoms with Crippen LogP contribution in [0.25, 0.3) is 0 Å². The van der Waals surface area contributed by atoms with Gasteiger partial charge < -0.3 is 10.2 Å². The molecule has 2 aromatic carbocycles. The summed E-state index contributed by atoms with van der Waals surface area (Å²) in [5, 5.41) is 3.31. The van der Waals surface area contributed by atoms with Crippen LogP contribution in [-0.2, 0) is 21.9 Å². The Morgan fingerprint density at radius 2 is 1.89 bits per heavy atom. The molecule has 0 fully saturated rings. The fraction of sp³-hybridized carbons (Fsp3) is 0.300. The number of halogens is 2. The Labute approximate surface area is 177 Å². The first-order valence-corrected chi connectivity index (χ1v) is 10.8. The zero-order chi connectivity index (χ0) is 19.8. The Morgan fingerprint density at radius 1 is 1.19 bits per heavy atom. The van der Waals surface area contributed by atoms with Crippen molar-refractivity contribution in [2.45, 2.75) is 25.3 Å². The smallest absolute Gasteiger partial charge is 0.242 e. The average molecular weight is 470 g/mol. The number of carbonyl (C=O) groups excluding carboxylic acids is 2. The van der Waals surface area contributed by atoms with Gasteiger partial charge in [0.1, 0.15) is 6.04 Å². The largest absolute Gasteiger partial charge is 0.357 e. The highest BCUT2D eigenvalue weighted by Crippen LogP contribution is 2.19. The van der Waals surface area contributed by atoms with Crippen molar-refractivity contribution in [3.8, 4) is 0 Å². The number of nitrogens with zero attached hydrogens (tertiary/aromatic N) is 1. The molecule has 1 N–H and O–H groups in total. The monoisotopic (exact) mass is 468 g/mol. The van der Waals surface area contributed by atoms with Crippen molar-refractivity contribution >= 4 is 51.1 Å². The number of thioether (sulfide) groups is 1. The van der Waals surface area contributed by atoms with E-state index in [9.17, 15) is 9.59 Å². The van der Waals surface area contributed by atoms with Gasteiger partial charge in [0.15, 0.2) is 0 Å². The van der Waals surface area contributed by atoms with Crippen LogP contribution in [0, 0.1) is 0 Å². The van der Waals surface area contributed by atoms with Gasteiger partial charge in [-0.15, -0.1) is 11.8 Å². The minimum atomic E-state index is -0.544. The molecule has 0 heterocycles. The van der Waals surface area contributed by atoms with Crippen LogP contribution in [0.15, 0.2) is 53.0 Å². The molecule has 1 unspecified atom stereocenters. The lowest BCUT2D eigenvalue weighted by Crippen LogP contribution is -2.47. The van der Waals surface area contributed by atoms with Crippen molar-refractivity contribution < 1.29 is 9.59 Å². The molecule has 0 aromatic heterocycles. The second-order valence-corrected chi connectivity index (χ2v) is 8.40. The quantitative estimate of drug-likeness (QED) is 0.619. The van der Waals surface area contributed by atoms with Gasteiger partial charge in [-0.1, -0.05) is 51.8 Å². The highest BCUT2D eigenvalue weighted by atomic mass is 79.9. The molecule has 0 radical (unpaired) electrons. The first kappa shape index (κ1) is 21.8. The maximum atomic E-state index is 12.8. The molecular weight excluding hydrogens is 448 g/mol. The zero-order valence-corrected chi connectivity index (χ0v) is 18.4. The van der Waals surface area contributed by atoms with Crippen LogP contribution in [0.1, 0.15) is 18.1 Å². The molecule has 0 saturated carbocycles. The van der Waals surface area contributed by atoms with E-state index in [0.717, 1.165) is 15.6 Å². The molecule has 27 heavy (non-hydrogen) atoms. The molecule has 7 heteroatoms. The number of hydrogen-bond acceptors (Lipinski definition) is 3. The van der Waals surface area contributed by atoms with Crippen LogP contribution in [0.3, 0.4) is 0 Å². The summed E-state index contributed by atoms with van der Waals surface area (Å²) in [6.45, 7) is 2.13. The highest BCUT2D eigenvalue weighted by Gasteiger charge is 2.25. The van der Waals surface area contributed by atoms with Crippen molar-refractivity contribution in [3.63, 3.8) is 0 Å². The second-order valence-electron chi connectivity index (χ2n) is 6.06. The molecule has 0 spiro atoms. The maximum absolute atomic E-state index is 12.8. The third-order valence-electron chi connectivity index (χ3n) is 4.06. The summed E-state index contributed by atoms with van der Waals surface area (Å²) >= 11 is 10.9. The van der Waals surface area contributed by atoms with Crippen LogP contribution in [0.5, 0.6) is 0 Å². The minimum absolute atomic E-state index is 0.0685. The number of likely N-dealkylation sites (N-methyl/N-ethyl adjacent to an activating group) is 1. The summed E-state index contributed by atoms with van der Waals surface area (Å²) in [6.07, 6.45) is 0. The number of amides is 2. The van der Waals surface area contributed by atoms with E-state index in [1.54, 1.807) is 18.9 Å². The van der Waals surface area contributed by atoms with Gasteiger partial charge in [0.25, 0.3) is 0 Å². The fourth-order valence-electron chi connectivity index (χ4n) is 2.54. The van der Waals surface area contributed by atoms with E-state index in [0.29, 0.717) is 23.1 Å². The molecule has 0 aliphatic heterocycles. The third kappa shape index (κ3) is 6.87. The van der Waals surface area contributed by atoms with E-state index < -0.39 is 6.04 Å². The zero-order valence-electron chi connectivity index (χ0n) is 15.2. The molecule has 1 atom stereocenters. The molecule has 2 aromatic rings. The van der Waals surface area contributed by atoms with Gasteiger partial charge in [-0.25, -0.2) is 0 Å². The third-order valence-corrected chi connectivity index (χ3v) is 5.82. The normalized spacial score (nSPS) is 11.7. The summed E-state index contributed by atoms with van der Waals surface area (Å²) in [7, 11) is 1.58. The van der Waals surface area contributed by atoms with Gasteiger partial charge in [-0.05, 0) is 42.3 Å². The number of carbonyl (C=O) groups is 2. The first-order valence-electron chi connectivity index (χ1n) is 8.48.